The molecule has 0 saturated carbocycles. The number of aliphatic imine (C=N–C) groups is 1. The highest BCUT2D eigenvalue weighted by molar-refractivity contribution is 6.09. The van der Waals surface area contributed by atoms with Gasteiger partial charge in [0, 0.05) is 39.4 Å². The minimum absolute atomic E-state index is 0.288. The molecule has 1 aromatic heterocycles. The van der Waals surface area contributed by atoms with Crippen molar-refractivity contribution < 1.29 is 9.53 Å². The minimum atomic E-state index is -0.288. The van der Waals surface area contributed by atoms with E-state index in [1.807, 2.05) is 27.1 Å². The minimum Gasteiger partial charge on any atom is -0.378 e. The first-order valence-electron chi connectivity index (χ1n) is 11.6. The molecule has 1 aliphatic rings. The lowest BCUT2D eigenvalue weighted by Gasteiger charge is -2.29. The molecule has 1 fully saturated rings. The maximum atomic E-state index is 13.1. The summed E-state index contributed by atoms with van der Waals surface area (Å²) in [7, 11) is 3.69. The fourth-order valence-electron chi connectivity index (χ4n) is 4.53. The van der Waals surface area contributed by atoms with Crippen molar-refractivity contribution in [2.24, 2.45) is 4.99 Å². The largest absolute Gasteiger partial charge is 0.378 e. The number of benzene rings is 3. The fraction of sp³-hybridized carbons (Fsp3) is 0.296. The molecule has 1 amide bonds. The monoisotopic (exact) mass is 455 g/mol. The molecule has 4 aromatic rings. The van der Waals surface area contributed by atoms with Gasteiger partial charge in [-0.2, -0.15) is 4.99 Å². The van der Waals surface area contributed by atoms with Gasteiger partial charge in [-0.3, -0.25) is 4.79 Å². The van der Waals surface area contributed by atoms with Crippen LogP contribution in [0.3, 0.4) is 0 Å². The Morgan fingerprint density at radius 1 is 1.12 bits per heavy atom. The van der Waals surface area contributed by atoms with Crippen LogP contribution in [0.2, 0.25) is 0 Å². The summed E-state index contributed by atoms with van der Waals surface area (Å²) >= 11 is 0. The molecule has 5 rings (SSSR count). The van der Waals surface area contributed by atoms with Gasteiger partial charge in [-0.05, 0) is 35.4 Å². The van der Waals surface area contributed by atoms with Gasteiger partial charge in [0.15, 0.2) is 0 Å². The van der Waals surface area contributed by atoms with Crippen LogP contribution in [0.4, 0.5) is 5.69 Å². The van der Waals surface area contributed by atoms with Gasteiger partial charge in [0.05, 0.1) is 30.6 Å². The van der Waals surface area contributed by atoms with Crippen molar-refractivity contribution in [3.63, 3.8) is 0 Å². The van der Waals surface area contributed by atoms with Crippen molar-refractivity contribution in [2.45, 2.75) is 13.5 Å². The second kappa shape index (κ2) is 9.27. The zero-order valence-electron chi connectivity index (χ0n) is 19.9. The van der Waals surface area contributed by atoms with E-state index in [4.69, 9.17) is 9.72 Å². The van der Waals surface area contributed by atoms with E-state index in [9.17, 15) is 4.79 Å². The van der Waals surface area contributed by atoms with Crippen molar-refractivity contribution in [1.29, 1.82) is 0 Å². The summed E-state index contributed by atoms with van der Waals surface area (Å²) < 4.78 is 7.75. The number of amides is 1. The van der Waals surface area contributed by atoms with Crippen molar-refractivity contribution in [1.82, 2.24) is 14.5 Å². The number of rotatable bonds is 5. The number of aryl methyl sites for hydroxylation is 1. The summed E-state index contributed by atoms with van der Waals surface area (Å²) in [5, 5.41) is 2.44. The smallest absolute Gasteiger partial charge is 0.280 e. The molecule has 7 heteroatoms. The highest BCUT2D eigenvalue weighted by Gasteiger charge is 2.21. The van der Waals surface area contributed by atoms with Gasteiger partial charge in [0.2, 0.25) is 0 Å². The van der Waals surface area contributed by atoms with Gasteiger partial charge < -0.3 is 19.1 Å². The van der Waals surface area contributed by atoms with Gasteiger partial charge in [-0.15, -0.1) is 0 Å². The molecule has 1 saturated heterocycles. The maximum absolute atomic E-state index is 13.1. The average Bonchev–Trinajstić information content (AvgIpc) is 3.17. The van der Waals surface area contributed by atoms with Crippen LogP contribution in [-0.4, -0.2) is 67.1 Å². The van der Waals surface area contributed by atoms with E-state index in [1.165, 1.54) is 22.7 Å². The van der Waals surface area contributed by atoms with E-state index < -0.39 is 0 Å². The lowest BCUT2D eigenvalue weighted by Crippen LogP contribution is -2.36. The average molecular weight is 456 g/mol. The zero-order chi connectivity index (χ0) is 23.7. The maximum Gasteiger partial charge on any atom is 0.280 e. The molecular weight excluding hydrogens is 426 g/mol. The molecule has 34 heavy (non-hydrogen) atoms. The summed E-state index contributed by atoms with van der Waals surface area (Å²) in [4.78, 5) is 26.2. The first kappa shape index (κ1) is 22.1. The van der Waals surface area contributed by atoms with Crippen LogP contribution in [-0.2, 0) is 11.3 Å². The Hall–Kier alpha value is -3.71. The molecule has 0 atom stereocenters. The van der Waals surface area contributed by atoms with Gasteiger partial charge in [0.25, 0.3) is 5.91 Å². The Bertz CT molecular complexity index is 1380. The van der Waals surface area contributed by atoms with Gasteiger partial charge >= 0.3 is 0 Å². The molecule has 0 aliphatic carbocycles. The van der Waals surface area contributed by atoms with E-state index in [-0.39, 0.29) is 5.91 Å². The molecule has 174 valence electrons. The second-order valence-electron chi connectivity index (χ2n) is 8.86. The van der Waals surface area contributed by atoms with Crippen molar-refractivity contribution in [2.75, 3.05) is 45.3 Å². The molecule has 0 N–H and O–H groups in total. The van der Waals surface area contributed by atoms with Gasteiger partial charge in [-0.25, -0.2) is 4.98 Å². The van der Waals surface area contributed by atoms with Gasteiger partial charge in [-0.1, -0.05) is 42.5 Å². The number of hydrogen-bond donors (Lipinski definition) is 0. The van der Waals surface area contributed by atoms with E-state index >= 15 is 0 Å². The summed E-state index contributed by atoms with van der Waals surface area (Å²) in [6.07, 6.45) is 1.54. The topological polar surface area (TPSA) is 63.0 Å². The number of nitrogens with zero attached hydrogens (tertiary/aromatic N) is 5. The van der Waals surface area contributed by atoms with E-state index in [0.29, 0.717) is 30.8 Å². The summed E-state index contributed by atoms with van der Waals surface area (Å²) in [6.45, 7) is 5.59. The highest BCUT2D eigenvalue weighted by Crippen LogP contribution is 2.30. The second-order valence-corrected chi connectivity index (χ2v) is 8.86. The van der Waals surface area contributed by atoms with E-state index in [2.05, 4.69) is 63.0 Å². The fourth-order valence-corrected chi connectivity index (χ4v) is 4.53. The van der Waals surface area contributed by atoms with Gasteiger partial charge in [0.1, 0.15) is 11.3 Å². The van der Waals surface area contributed by atoms with E-state index in [0.717, 1.165) is 30.1 Å². The number of anilines is 1. The van der Waals surface area contributed by atoms with Crippen LogP contribution in [0.15, 0.2) is 59.6 Å². The predicted molar refractivity (Wildman–Crippen MR) is 137 cm³/mol. The third-order valence-electron chi connectivity index (χ3n) is 6.25. The first-order valence-corrected chi connectivity index (χ1v) is 11.6. The number of carbonyl (C=O) groups is 1. The molecular formula is C27H29N5O2. The summed E-state index contributed by atoms with van der Waals surface area (Å²) in [5.74, 6) is 0.580. The van der Waals surface area contributed by atoms with Crippen LogP contribution in [0, 0.1) is 6.92 Å². The normalized spacial score (nSPS) is 14.4. The molecule has 7 nitrogen and oxygen atoms in total. The standard InChI is InChI=1S/C27H29N5O2/c1-19-29-26-24(27(33)28-18-30(2)3)15-22(31-11-13-34-14-12-31)16-25(26)32(19)17-21-9-6-8-20-7-4-5-10-23(20)21/h4-10,15-16,18H,11-14,17H2,1-3H3. The third-order valence-corrected chi connectivity index (χ3v) is 6.25. The van der Waals surface area contributed by atoms with Crippen molar-refractivity contribution in [3.8, 4) is 0 Å². The highest BCUT2D eigenvalue weighted by atomic mass is 16.5. The number of imidazole rings is 1. The third kappa shape index (κ3) is 4.26. The quantitative estimate of drug-likeness (QED) is 0.335. The molecule has 0 bridgehead atoms. The zero-order valence-corrected chi connectivity index (χ0v) is 19.9. The molecule has 2 heterocycles. The molecule has 0 radical (unpaired) electrons. The lowest BCUT2D eigenvalue weighted by molar-refractivity contribution is 0.100. The summed E-state index contributed by atoms with van der Waals surface area (Å²) in [5.41, 5.74) is 4.37. The van der Waals surface area contributed by atoms with Crippen LogP contribution < -0.4 is 4.90 Å². The molecule has 1 aliphatic heterocycles. The summed E-state index contributed by atoms with van der Waals surface area (Å²) in [6, 6.07) is 18.9. The number of hydrogen-bond acceptors (Lipinski definition) is 4. The molecule has 3 aromatic carbocycles. The predicted octanol–water partition coefficient (Wildman–Crippen LogP) is 4.11. The molecule has 0 spiro atoms. The number of fused-ring (bicyclic) bond motifs is 2. The lowest BCUT2D eigenvalue weighted by atomic mass is 10.0. The van der Waals surface area contributed by atoms with Crippen LogP contribution >= 0.6 is 0 Å². The Balaban J connectivity index is 1.65. The number of morpholine rings is 1. The van der Waals surface area contributed by atoms with E-state index in [1.54, 1.807) is 4.90 Å². The van der Waals surface area contributed by atoms with Crippen LogP contribution in [0.5, 0.6) is 0 Å². The van der Waals surface area contributed by atoms with Crippen LogP contribution in [0.25, 0.3) is 21.8 Å². The SMILES string of the molecule is Cc1nc2c(C(=O)N=CN(C)C)cc(N3CCOCC3)cc2n1Cc1cccc2ccccc12. The number of ether oxygens (including phenoxy) is 1. The Labute approximate surface area is 199 Å². The number of carbonyl (C=O) groups excluding carboxylic acids is 1. The Kier molecular flexibility index (Phi) is 6.02. The Morgan fingerprint density at radius 2 is 1.88 bits per heavy atom. The number of aromatic nitrogens is 2. The first-order chi connectivity index (χ1) is 16.5. The Morgan fingerprint density at radius 3 is 2.68 bits per heavy atom. The van der Waals surface area contributed by atoms with Crippen molar-refractivity contribution >= 4 is 39.7 Å². The van der Waals surface area contributed by atoms with Crippen molar-refractivity contribution in [3.05, 3.63) is 71.5 Å². The molecule has 0 unspecified atom stereocenters. The van der Waals surface area contributed by atoms with Crippen LogP contribution in [0.1, 0.15) is 21.7 Å².